The van der Waals surface area contributed by atoms with E-state index >= 15 is 0 Å². The van der Waals surface area contributed by atoms with Crippen LogP contribution in [0, 0.1) is 0 Å². The molecule has 1 atom stereocenters. The first-order valence-electron chi connectivity index (χ1n) is 5.56. The van der Waals surface area contributed by atoms with Gasteiger partial charge >= 0.3 is 0 Å². The summed E-state index contributed by atoms with van der Waals surface area (Å²) in [6.45, 7) is 11.6. The van der Waals surface area contributed by atoms with Crippen LogP contribution in [-0.2, 0) is 0 Å². The van der Waals surface area contributed by atoms with Gasteiger partial charge in [0, 0.05) is 12.6 Å². The Hall–Kier alpha value is -0.570. The van der Waals surface area contributed by atoms with Gasteiger partial charge in [-0.15, -0.1) is 0 Å². The fourth-order valence-electron chi connectivity index (χ4n) is 1.05. The van der Waals surface area contributed by atoms with E-state index < -0.39 is 0 Å². The van der Waals surface area contributed by atoms with Crippen molar-refractivity contribution in [3.63, 3.8) is 0 Å². The number of aliphatic imine (C=N–C) groups is 1. The lowest BCUT2D eigenvalue weighted by Gasteiger charge is -2.14. The van der Waals surface area contributed by atoms with Gasteiger partial charge in [-0.1, -0.05) is 13.8 Å². The standard InChI is InChI=1S/C11H25N3/c1-6-10(3)13-11(4)12-8-9-14(5)7-2/h10H,6-9H2,1-5H3,(H,12,13). The van der Waals surface area contributed by atoms with E-state index in [0.717, 1.165) is 31.9 Å². The van der Waals surface area contributed by atoms with E-state index in [4.69, 9.17) is 0 Å². The van der Waals surface area contributed by atoms with Crippen molar-refractivity contribution in [2.75, 3.05) is 26.7 Å². The smallest absolute Gasteiger partial charge is 0.0934 e. The van der Waals surface area contributed by atoms with Crippen molar-refractivity contribution in [1.29, 1.82) is 0 Å². The molecule has 0 fully saturated rings. The first kappa shape index (κ1) is 13.4. The molecule has 0 saturated carbocycles. The van der Waals surface area contributed by atoms with Gasteiger partial charge in [-0.2, -0.15) is 0 Å². The maximum Gasteiger partial charge on any atom is 0.0934 e. The zero-order valence-corrected chi connectivity index (χ0v) is 10.3. The number of hydrogen-bond donors (Lipinski definition) is 1. The Kier molecular flexibility index (Phi) is 7.48. The van der Waals surface area contributed by atoms with E-state index in [0.29, 0.717) is 6.04 Å². The molecule has 0 aliphatic carbocycles. The van der Waals surface area contributed by atoms with Crippen LogP contribution in [-0.4, -0.2) is 43.5 Å². The van der Waals surface area contributed by atoms with Gasteiger partial charge < -0.3 is 10.2 Å². The van der Waals surface area contributed by atoms with E-state index in [1.54, 1.807) is 0 Å². The van der Waals surface area contributed by atoms with Crippen LogP contribution in [0.3, 0.4) is 0 Å². The third-order valence-corrected chi connectivity index (χ3v) is 2.44. The van der Waals surface area contributed by atoms with Gasteiger partial charge in [-0.3, -0.25) is 4.99 Å². The summed E-state index contributed by atoms with van der Waals surface area (Å²) >= 11 is 0. The van der Waals surface area contributed by atoms with Gasteiger partial charge in [0.15, 0.2) is 0 Å². The zero-order valence-electron chi connectivity index (χ0n) is 10.3. The fraction of sp³-hybridized carbons (Fsp3) is 0.909. The molecule has 0 saturated heterocycles. The fourth-order valence-corrected chi connectivity index (χ4v) is 1.05. The molecule has 0 spiro atoms. The number of amidine groups is 1. The second-order valence-electron chi connectivity index (χ2n) is 3.82. The van der Waals surface area contributed by atoms with E-state index in [1.165, 1.54) is 0 Å². The first-order chi connectivity index (χ1) is 6.60. The largest absolute Gasteiger partial charge is 0.372 e. The van der Waals surface area contributed by atoms with Gasteiger partial charge in [0.1, 0.15) is 0 Å². The Morgan fingerprint density at radius 2 is 2.07 bits per heavy atom. The molecule has 84 valence electrons. The minimum Gasteiger partial charge on any atom is -0.372 e. The lowest BCUT2D eigenvalue weighted by Crippen LogP contribution is -2.30. The summed E-state index contributed by atoms with van der Waals surface area (Å²) < 4.78 is 0. The Morgan fingerprint density at radius 3 is 2.57 bits per heavy atom. The van der Waals surface area contributed by atoms with Gasteiger partial charge in [0.25, 0.3) is 0 Å². The summed E-state index contributed by atoms with van der Waals surface area (Å²) in [5.74, 6) is 1.06. The van der Waals surface area contributed by atoms with Gasteiger partial charge in [-0.25, -0.2) is 0 Å². The normalized spacial score (nSPS) is 14.6. The third-order valence-electron chi connectivity index (χ3n) is 2.44. The predicted molar refractivity (Wildman–Crippen MR) is 64.0 cm³/mol. The summed E-state index contributed by atoms with van der Waals surface area (Å²) in [4.78, 5) is 6.73. The highest BCUT2D eigenvalue weighted by atomic mass is 15.1. The van der Waals surface area contributed by atoms with Crippen LogP contribution < -0.4 is 5.32 Å². The molecule has 0 heterocycles. The number of likely N-dealkylation sites (N-methyl/N-ethyl adjacent to an activating group) is 1. The molecule has 0 aliphatic heterocycles. The maximum atomic E-state index is 4.46. The molecule has 0 aromatic carbocycles. The maximum absolute atomic E-state index is 4.46. The molecule has 0 radical (unpaired) electrons. The molecular weight excluding hydrogens is 174 g/mol. The number of nitrogens with one attached hydrogen (secondary N) is 1. The second-order valence-corrected chi connectivity index (χ2v) is 3.82. The molecule has 0 amide bonds. The average molecular weight is 199 g/mol. The van der Waals surface area contributed by atoms with Crippen LogP contribution >= 0.6 is 0 Å². The number of nitrogens with zero attached hydrogens (tertiary/aromatic N) is 2. The van der Waals surface area contributed by atoms with Crippen molar-refractivity contribution >= 4 is 5.84 Å². The Bertz CT molecular complexity index is 166. The molecule has 1 N–H and O–H groups in total. The molecule has 3 nitrogen and oxygen atoms in total. The molecule has 0 rings (SSSR count). The summed E-state index contributed by atoms with van der Waals surface area (Å²) in [6.07, 6.45) is 1.14. The average Bonchev–Trinajstić information content (AvgIpc) is 2.17. The topological polar surface area (TPSA) is 27.6 Å². The van der Waals surface area contributed by atoms with Crippen molar-refractivity contribution in [1.82, 2.24) is 10.2 Å². The SMILES string of the molecule is CCC(C)NC(C)=NCCN(C)CC. The van der Waals surface area contributed by atoms with Crippen molar-refractivity contribution in [2.45, 2.75) is 40.2 Å². The molecule has 1 unspecified atom stereocenters. The van der Waals surface area contributed by atoms with Crippen molar-refractivity contribution in [3.8, 4) is 0 Å². The van der Waals surface area contributed by atoms with Crippen LogP contribution in [0.25, 0.3) is 0 Å². The van der Waals surface area contributed by atoms with Crippen molar-refractivity contribution in [2.24, 2.45) is 4.99 Å². The van der Waals surface area contributed by atoms with Crippen LogP contribution in [0.1, 0.15) is 34.1 Å². The van der Waals surface area contributed by atoms with Crippen LogP contribution in [0.4, 0.5) is 0 Å². The van der Waals surface area contributed by atoms with Crippen molar-refractivity contribution in [3.05, 3.63) is 0 Å². The van der Waals surface area contributed by atoms with E-state index in [-0.39, 0.29) is 0 Å². The Morgan fingerprint density at radius 1 is 1.43 bits per heavy atom. The Labute approximate surface area is 88.6 Å². The summed E-state index contributed by atoms with van der Waals surface area (Å²) in [5.41, 5.74) is 0. The molecule has 3 heteroatoms. The molecule has 0 bridgehead atoms. The highest BCUT2D eigenvalue weighted by molar-refractivity contribution is 5.79. The summed E-state index contributed by atoms with van der Waals surface area (Å²) in [7, 11) is 2.12. The highest BCUT2D eigenvalue weighted by Gasteiger charge is 1.98. The van der Waals surface area contributed by atoms with E-state index in [9.17, 15) is 0 Å². The molecule has 0 aromatic rings. The molecule has 0 aliphatic rings. The van der Waals surface area contributed by atoms with Crippen molar-refractivity contribution < 1.29 is 0 Å². The summed E-state index contributed by atoms with van der Waals surface area (Å²) in [6, 6.07) is 0.530. The quantitative estimate of drug-likeness (QED) is 0.521. The minimum absolute atomic E-state index is 0.530. The molecule has 14 heavy (non-hydrogen) atoms. The van der Waals surface area contributed by atoms with Gasteiger partial charge in [-0.05, 0) is 33.9 Å². The third kappa shape index (κ3) is 6.89. The van der Waals surface area contributed by atoms with E-state index in [1.807, 2.05) is 6.92 Å². The number of hydrogen-bond acceptors (Lipinski definition) is 2. The van der Waals surface area contributed by atoms with Gasteiger partial charge in [0.2, 0.25) is 0 Å². The van der Waals surface area contributed by atoms with Crippen LogP contribution in [0.5, 0.6) is 0 Å². The first-order valence-corrected chi connectivity index (χ1v) is 5.56. The molecular formula is C11H25N3. The zero-order chi connectivity index (χ0) is 11.0. The Balaban J connectivity index is 3.66. The van der Waals surface area contributed by atoms with Crippen LogP contribution in [0.15, 0.2) is 4.99 Å². The molecule has 0 aromatic heterocycles. The second kappa shape index (κ2) is 7.80. The summed E-state index contributed by atoms with van der Waals surface area (Å²) in [5, 5.41) is 3.35. The van der Waals surface area contributed by atoms with Gasteiger partial charge in [0.05, 0.1) is 12.4 Å². The van der Waals surface area contributed by atoms with E-state index in [2.05, 4.69) is 43.0 Å². The number of rotatable bonds is 6. The lowest BCUT2D eigenvalue weighted by atomic mass is 10.2. The minimum atomic E-state index is 0.530. The predicted octanol–water partition coefficient (Wildman–Crippen LogP) is 1.74. The highest BCUT2D eigenvalue weighted by Crippen LogP contribution is 1.88. The monoisotopic (exact) mass is 199 g/mol. The lowest BCUT2D eigenvalue weighted by molar-refractivity contribution is 0.363. The van der Waals surface area contributed by atoms with Crippen LogP contribution in [0.2, 0.25) is 0 Å².